The Bertz CT molecular complexity index is 291. The number of rotatable bonds is 4. The first kappa shape index (κ1) is 13.8. The summed E-state index contributed by atoms with van der Waals surface area (Å²) in [5.41, 5.74) is 5.55. The van der Waals surface area contributed by atoms with Crippen molar-refractivity contribution < 1.29 is 4.74 Å². The van der Waals surface area contributed by atoms with Gasteiger partial charge in [0.25, 0.3) is 0 Å². The second kappa shape index (κ2) is 6.54. The summed E-state index contributed by atoms with van der Waals surface area (Å²) in [6, 6.07) is 2.31. The van der Waals surface area contributed by atoms with Gasteiger partial charge in [0, 0.05) is 6.61 Å². The molecule has 0 spiro atoms. The van der Waals surface area contributed by atoms with Gasteiger partial charge in [0.15, 0.2) is 0 Å². The second-order valence-electron chi connectivity index (χ2n) is 6.01. The van der Waals surface area contributed by atoms with Crippen molar-refractivity contribution >= 4 is 0 Å². The lowest BCUT2D eigenvalue weighted by Crippen LogP contribution is -2.42. The molecule has 3 nitrogen and oxygen atoms in total. The highest BCUT2D eigenvalue weighted by Gasteiger charge is 2.39. The molecule has 0 amide bonds. The normalized spacial score (nSPS) is 34.1. The zero-order valence-electron chi connectivity index (χ0n) is 11.4. The lowest BCUT2D eigenvalue weighted by atomic mass is 9.87. The number of nitrogens with zero attached hydrogens (tertiary/aromatic N) is 1. The summed E-state index contributed by atoms with van der Waals surface area (Å²) in [6.45, 7) is 0.788. The third-order valence-corrected chi connectivity index (χ3v) is 4.70. The topological polar surface area (TPSA) is 59.0 Å². The highest BCUT2D eigenvalue weighted by atomic mass is 16.5. The van der Waals surface area contributed by atoms with E-state index < -0.39 is 5.54 Å². The fraction of sp³-hybridized carbons (Fsp3) is 0.933. The summed E-state index contributed by atoms with van der Waals surface area (Å²) >= 11 is 0. The maximum Gasteiger partial charge on any atom is 0.107 e. The van der Waals surface area contributed by atoms with Crippen molar-refractivity contribution in [2.24, 2.45) is 11.7 Å². The zero-order chi connectivity index (χ0) is 12.8. The second-order valence-corrected chi connectivity index (χ2v) is 6.01. The predicted molar refractivity (Wildman–Crippen MR) is 71.9 cm³/mol. The number of nitrogens with two attached hydrogens (primary N) is 1. The van der Waals surface area contributed by atoms with Crippen molar-refractivity contribution in [3.63, 3.8) is 0 Å². The molecular weight excluding hydrogens is 224 g/mol. The molecule has 0 aliphatic heterocycles. The van der Waals surface area contributed by atoms with Gasteiger partial charge in [-0.2, -0.15) is 5.26 Å². The molecule has 2 atom stereocenters. The van der Waals surface area contributed by atoms with E-state index in [9.17, 15) is 0 Å². The Hall–Kier alpha value is -0.590. The van der Waals surface area contributed by atoms with Crippen LogP contribution in [0.5, 0.6) is 0 Å². The molecule has 0 radical (unpaired) electrons. The molecule has 0 heterocycles. The van der Waals surface area contributed by atoms with E-state index in [1.54, 1.807) is 0 Å². The Balaban J connectivity index is 1.70. The average molecular weight is 250 g/mol. The summed E-state index contributed by atoms with van der Waals surface area (Å²) in [5.74, 6) is 0.341. The smallest absolute Gasteiger partial charge is 0.107 e. The fourth-order valence-electron chi connectivity index (χ4n) is 3.44. The highest BCUT2D eigenvalue weighted by molar-refractivity contribution is 5.11. The van der Waals surface area contributed by atoms with Gasteiger partial charge >= 0.3 is 0 Å². The third kappa shape index (κ3) is 3.46. The molecule has 18 heavy (non-hydrogen) atoms. The molecule has 2 rings (SSSR count). The molecule has 102 valence electrons. The molecule has 0 bridgehead atoms. The van der Waals surface area contributed by atoms with Gasteiger partial charge in [0.1, 0.15) is 5.54 Å². The van der Waals surface area contributed by atoms with Crippen molar-refractivity contribution in [1.82, 2.24) is 0 Å². The van der Waals surface area contributed by atoms with E-state index >= 15 is 0 Å². The third-order valence-electron chi connectivity index (χ3n) is 4.70. The fourth-order valence-corrected chi connectivity index (χ4v) is 3.44. The standard InChI is InChI=1S/C15H26N2O/c16-12-15(17)10-5-6-13(15)9-11-18-14-7-3-1-2-4-8-14/h13-14H,1-11,17H2. The molecule has 2 saturated carbocycles. The quantitative estimate of drug-likeness (QED) is 0.780. The van der Waals surface area contributed by atoms with Crippen molar-refractivity contribution in [2.45, 2.75) is 75.9 Å². The Morgan fingerprint density at radius 1 is 1.11 bits per heavy atom. The first-order chi connectivity index (χ1) is 8.74. The van der Waals surface area contributed by atoms with Crippen molar-refractivity contribution in [3.8, 4) is 6.07 Å². The minimum absolute atomic E-state index is 0.341. The van der Waals surface area contributed by atoms with Gasteiger partial charge in [-0.3, -0.25) is 0 Å². The lowest BCUT2D eigenvalue weighted by Gasteiger charge is -2.24. The van der Waals surface area contributed by atoms with Gasteiger partial charge in [0.05, 0.1) is 12.2 Å². The Morgan fingerprint density at radius 3 is 2.50 bits per heavy atom. The SMILES string of the molecule is N#CC1(N)CCCC1CCOC1CCCCCC1. The van der Waals surface area contributed by atoms with Gasteiger partial charge in [0.2, 0.25) is 0 Å². The van der Waals surface area contributed by atoms with Crippen LogP contribution < -0.4 is 5.73 Å². The van der Waals surface area contributed by atoms with Crippen LogP contribution in [-0.2, 0) is 4.74 Å². The van der Waals surface area contributed by atoms with Crippen LogP contribution in [-0.4, -0.2) is 18.2 Å². The molecule has 0 aromatic carbocycles. The largest absolute Gasteiger partial charge is 0.378 e. The monoisotopic (exact) mass is 250 g/mol. The first-order valence-corrected chi connectivity index (χ1v) is 7.56. The molecule has 2 N–H and O–H groups in total. The van der Waals surface area contributed by atoms with Crippen molar-refractivity contribution in [1.29, 1.82) is 5.26 Å². The molecule has 3 heteroatoms. The Morgan fingerprint density at radius 2 is 1.83 bits per heavy atom. The Labute approximate surface area is 111 Å². The Kier molecular flexibility index (Phi) is 5.03. The van der Waals surface area contributed by atoms with Crippen molar-refractivity contribution in [3.05, 3.63) is 0 Å². The van der Waals surface area contributed by atoms with Gasteiger partial charge in [-0.25, -0.2) is 0 Å². The molecule has 0 saturated heterocycles. The summed E-state index contributed by atoms with van der Waals surface area (Å²) in [6.07, 6.45) is 12.3. The van der Waals surface area contributed by atoms with Gasteiger partial charge in [-0.05, 0) is 38.0 Å². The van der Waals surface area contributed by atoms with Crippen LogP contribution in [0, 0.1) is 17.2 Å². The molecule has 2 unspecified atom stereocenters. The maximum atomic E-state index is 9.17. The van der Waals surface area contributed by atoms with E-state index in [0.717, 1.165) is 32.3 Å². The molecule has 2 fully saturated rings. The zero-order valence-corrected chi connectivity index (χ0v) is 11.4. The summed E-state index contributed by atoms with van der Waals surface area (Å²) in [4.78, 5) is 0. The highest BCUT2D eigenvalue weighted by Crippen LogP contribution is 2.35. The minimum atomic E-state index is -0.577. The summed E-state index contributed by atoms with van der Waals surface area (Å²) in [7, 11) is 0. The van der Waals surface area contributed by atoms with Crippen molar-refractivity contribution in [2.75, 3.05) is 6.61 Å². The molecule has 2 aliphatic rings. The summed E-state index contributed by atoms with van der Waals surface area (Å²) in [5, 5.41) is 9.17. The number of nitriles is 1. The number of hydrogen-bond donors (Lipinski definition) is 1. The van der Waals surface area contributed by atoms with E-state index in [4.69, 9.17) is 15.7 Å². The molecule has 0 aromatic heterocycles. The van der Waals surface area contributed by atoms with Gasteiger partial charge in [-0.1, -0.05) is 32.1 Å². The molecule has 0 aromatic rings. The van der Waals surface area contributed by atoms with Crippen LogP contribution in [0.25, 0.3) is 0 Å². The van der Waals surface area contributed by atoms with Crippen LogP contribution in [0.3, 0.4) is 0 Å². The minimum Gasteiger partial charge on any atom is -0.378 e. The van der Waals surface area contributed by atoms with E-state index in [1.807, 2.05) is 0 Å². The van der Waals surface area contributed by atoms with Crippen LogP contribution in [0.2, 0.25) is 0 Å². The number of ether oxygens (including phenoxy) is 1. The average Bonchev–Trinajstić information content (AvgIpc) is 2.60. The summed E-state index contributed by atoms with van der Waals surface area (Å²) < 4.78 is 6.00. The van der Waals surface area contributed by atoms with Gasteiger partial charge < -0.3 is 10.5 Å². The lowest BCUT2D eigenvalue weighted by molar-refractivity contribution is 0.0328. The van der Waals surface area contributed by atoms with Crippen LogP contribution >= 0.6 is 0 Å². The maximum absolute atomic E-state index is 9.17. The predicted octanol–water partition coefficient (Wildman–Crippen LogP) is 3.14. The van der Waals surface area contributed by atoms with E-state index in [0.29, 0.717) is 12.0 Å². The molecular formula is C15H26N2O. The van der Waals surface area contributed by atoms with E-state index in [-0.39, 0.29) is 0 Å². The van der Waals surface area contributed by atoms with E-state index in [1.165, 1.54) is 38.5 Å². The van der Waals surface area contributed by atoms with Crippen LogP contribution in [0.15, 0.2) is 0 Å². The van der Waals surface area contributed by atoms with E-state index in [2.05, 4.69) is 6.07 Å². The van der Waals surface area contributed by atoms with Crippen LogP contribution in [0.1, 0.15) is 64.2 Å². The van der Waals surface area contributed by atoms with Crippen LogP contribution in [0.4, 0.5) is 0 Å². The molecule has 2 aliphatic carbocycles. The first-order valence-electron chi connectivity index (χ1n) is 7.56. The van der Waals surface area contributed by atoms with Gasteiger partial charge in [-0.15, -0.1) is 0 Å². The number of hydrogen-bond acceptors (Lipinski definition) is 3.